The van der Waals surface area contributed by atoms with Gasteiger partial charge in [0.05, 0.1) is 16.9 Å². The van der Waals surface area contributed by atoms with Crippen molar-refractivity contribution in [1.82, 2.24) is 9.78 Å². The summed E-state index contributed by atoms with van der Waals surface area (Å²) in [5.41, 5.74) is 0.619. The molecule has 0 aliphatic carbocycles. The summed E-state index contributed by atoms with van der Waals surface area (Å²) in [4.78, 5) is 0. The maximum absolute atomic E-state index is 13.8. The molecule has 0 amide bonds. The van der Waals surface area contributed by atoms with Gasteiger partial charge in [-0.05, 0) is 30.3 Å². The molecule has 3 nitrogen and oxygen atoms in total. The predicted octanol–water partition coefficient (Wildman–Crippen LogP) is 3.23. The second-order valence-electron chi connectivity index (χ2n) is 4.54. The number of aliphatic hydroxyl groups excluding tert-OH is 1. The lowest BCUT2D eigenvalue weighted by atomic mass is 10.0. The van der Waals surface area contributed by atoms with Gasteiger partial charge >= 0.3 is 0 Å². The molecule has 0 aliphatic rings. The fourth-order valence-electron chi connectivity index (χ4n) is 2.23. The molecule has 3 aromatic rings. The van der Waals surface area contributed by atoms with Gasteiger partial charge in [0.1, 0.15) is 17.7 Å². The van der Waals surface area contributed by atoms with Crippen LogP contribution in [-0.2, 0) is 0 Å². The highest BCUT2D eigenvalue weighted by molar-refractivity contribution is 5.36. The summed E-state index contributed by atoms with van der Waals surface area (Å²) in [6.07, 6.45) is 0.0403. The number of rotatable bonds is 3. The molecule has 21 heavy (non-hydrogen) atoms. The summed E-state index contributed by atoms with van der Waals surface area (Å²) >= 11 is 0. The lowest BCUT2D eigenvalue weighted by Crippen LogP contribution is -2.11. The third-order valence-corrected chi connectivity index (χ3v) is 3.23. The van der Waals surface area contributed by atoms with Crippen molar-refractivity contribution in [2.75, 3.05) is 0 Å². The van der Waals surface area contributed by atoms with Crippen LogP contribution < -0.4 is 0 Å². The van der Waals surface area contributed by atoms with Crippen molar-refractivity contribution in [1.29, 1.82) is 0 Å². The number of hydrogen-bond acceptors (Lipinski definition) is 2. The molecule has 1 atom stereocenters. The van der Waals surface area contributed by atoms with E-state index in [0.717, 1.165) is 12.1 Å². The Balaban J connectivity index is 2.08. The molecule has 1 heterocycles. The molecule has 0 aliphatic heterocycles. The fourth-order valence-corrected chi connectivity index (χ4v) is 2.23. The molecule has 5 heteroatoms. The average molecular weight is 286 g/mol. The van der Waals surface area contributed by atoms with Gasteiger partial charge in [-0.2, -0.15) is 5.10 Å². The smallest absolute Gasteiger partial charge is 0.132 e. The number of halogens is 2. The number of benzene rings is 2. The highest BCUT2D eigenvalue weighted by atomic mass is 19.1. The zero-order chi connectivity index (χ0) is 14.8. The Kier molecular flexibility index (Phi) is 3.50. The zero-order valence-electron chi connectivity index (χ0n) is 10.9. The van der Waals surface area contributed by atoms with Crippen LogP contribution in [0.15, 0.2) is 60.8 Å². The minimum Gasteiger partial charge on any atom is -0.382 e. The van der Waals surface area contributed by atoms with Crippen molar-refractivity contribution in [2.24, 2.45) is 0 Å². The van der Waals surface area contributed by atoms with Crippen LogP contribution in [0.3, 0.4) is 0 Å². The number of hydrogen-bond donors (Lipinski definition) is 1. The van der Waals surface area contributed by atoms with Gasteiger partial charge < -0.3 is 5.11 Å². The van der Waals surface area contributed by atoms with Crippen molar-refractivity contribution in [3.8, 4) is 5.69 Å². The van der Waals surface area contributed by atoms with Crippen molar-refractivity contribution in [3.63, 3.8) is 0 Å². The molecule has 1 aromatic heterocycles. The van der Waals surface area contributed by atoms with Crippen LogP contribution in [0.4, 0.5) is 8.78 Å². The van der Waals surface area contributed by atoms with Crippen LogP contribution >= 0.6 is 0 Å². The standard InChI is InChI=1S/C16H12F2N2O/c17-12-7-4-8-13(18)15(12)16(21)14-9-10-19-20(14)11-5-2-1-3-6-11/h1-10,16,21H. The van der Waals surface area contributed by atoms with E-state index in [4.69, 9.17) is 0 Å². The van der Waals surface area contributed by atoms with Crippen LogP contribution in [0.5, 0.6) is 0 Å². The Bertz CT molecular complexity index is 736. The molecule has 2 aromatic carbocycles. The van der Waals surface area contributed by atoms with Crippen molar-refractivity contribution in [2.45, 2.75) is 6.10 Å². The second-order valence-corrected chi connectivity index (χ2v) is 4.54. The zero-order valence-corrected chi connectivity index (χ0v) is 10.9. The molecule has 0 radical (unpaired) electrons. The van der Waals surface area contributed by atoms with Crippen LogP contribution in [0.1, 0.15) is 17.4 Å². The van der Waals surface area contributed by atoms with Gasteiger partial charge in [-0.3, -0.25) is 0 Å². The highest BCUT2D eigenvalue weighted by Gasteiger charge is 2.23. The Labute approximate surface area is 120 Å². The van der Waals surface area contributed by atoms with E-state index in [2.05, 4.69) is 5.10 Å². The number of aliphatic hydroxyl groups is 1. The van der Waals surface area contributed by atoms with Gasteiger partial charge in [0, 0.05) is 6.20 Å². The SMILES string of the molecule is OC(c1c(F)cccc1F)c1ccnn1-c1ccccc1. The molecule has 1 N–H and O–H groups in total. The van der Waals surface area contributed by atoms with Crippen LogP contribution in [-0.4, -0.2) is 14.9 Å². The van der Waals surface area contributed by atoms with E-state index in [9.17, 15) is 13.9 Å². The van der Waals surface area contributed by atoms with E-state index in [1.807, 2.05) is 18.2 Å². The first-order valence-corrected chi connectivity index (χ1v) is 6.40. The number of aromatic nitrogens is 2. The quantitative estimate of drug-likeness (QED) is 0.802. The van der Waals surface area contributed by atoms with Gasteiger partial charge in [0.2, 0.25) is 0 Å². The maximum Gasteiger partial charge on any atom is 0.132 e. The first-order chi connectivity index (χ1) is 10.2. The van der Waals surface area contributed by atoms with E-state index in [1.165, 1.54) is 23.0 Å². The van der Waals surface area contributed by atoms with Gasteiger partial charge in [-0.25, -0.2) is 13.5 Å². The fraction of sp³-hybridized carbons (Fsp3) is 0.0625. The monoisotopic (exact) mass is 286 g/mol. The molecule has 106 valence electrons. The molecule has 0 spiro atoms. The van der Waals surface area contributed by atoms with E-state index in [-0.39, 0.29) is 5.56 Å². The number of para-hydroxylation sites is 1. The first-order valence-electron chi connectivity index (χ1n) is 6.40. The summed E-state index contributed by atoms with van der Waals surface area (Å²) < 4.78 is 29.0. The second kappa shape index (κ2) is 5.46. The van der Waals surface area contributed by atoms with E-state index in [1.54, 1.807) is 12.1 Å². The molecule has 3 rings (SSSR count). The first kappa shape index (κ1) is 13.5. The maximum atomic E-state index is 13.8. The van der Waals surface area contributed by atoms with Crippen LogP contribution in [0.25, 0.3) is 5.69 Å². The van der Waals surface area contributed by atoms with E-state index in [0.29, 0.717) is 11.4 Å². The van der Waals surface area contributed by atoms with Crippen molar-refractivity contribution < 1.29 is 13.9 Å². The lowest BCUT2D eigenvalue weighted by Gasteiger charge is -2.15. The van der Waals surface area contributed by atoms with E-state index >= 15 is 0 Å². The van der Waals surface area contributed by atoms with Crippen molar-refractivity contribution >= 4 is 0 Å². The Morgan fingerprint density at radius 2 is 1.57 bits per heavy atom. The summed E-state index contributed by atoms with van der Waals surface area (Å²) in [6.45, 7) is 0. The van der Waals surface area contributed by atoms with Gasteiger partial charge in [0.15, 0.2) is 0 Å². The van der Waals surface area contributed by atoms with Crippen LogP contribution in [0.2, 0.25) is 0 Å². The normalized spacial score (nSPS) is 12.3. The highest BCUT2D eigenvalue weighted by Crippen LogP contribution is 2.27. The Morgan fingerprint density at radius 3 is 2.24 bits per heavy atom. The van der Waals surface area contributed by atoms with Gasteiger partial charge in [-0.1, -0.05) is 24.3 Å². The van der Waals surface area contributed by atoms with Gasteiger partial charge in [-0.15, -0.1) is 0 Å². The molecular weight excluding hydrogens is 274 g/mol. The third-order valence-electron chi connectivity index (χ3n) is 3.23. The lowest BCUT2D eigenvalue weighted by molar-refractivity contribution is 0.201. The molecular formula is C16H12F2N2O. The molecule has 0 fully saturated rings. The predicted molar refractivity (Wildman–Crippen MR) is 74.0 cm³/mol. The average Bonchev–Trinajstić information content (AvgIpc) is 2.97. The third kappa shape index (κ3) is 2.43. The number of nitrogens with zero attached hydrogens (tertiary/aromatic N) is 2. The van der Waals surface area contributed by atoms with Crippen LogP contribution in [0, 0.1) is 11.6 Å². The minimum absolute atomic E-state index is 0.296. The van der Waals surface area contributed by atoms with Crippen molar-refractivity contribution in [3.05, 3.63) is 83.7 Å². The summed E-state index contributed by atoms with van der Waals surface area (Å²) in [5, 5.41) is 14.4. The summed E-state index contributed by atoms with van der Waals surface area (Å²) in [5.74, 6) is -1.58. The minimum atomic E-state index is -1.44. The topological polar surface area (TPSA) is 38.1 Å². The summed E-state index contributed by atoms with van der Waals surface area (Å²) in [6, 6.07) is 14.1. The molecule has 0 bridgehead atoms. The Hall–Kier alpha value is -2.53. The molecule has 1 unspecified atom stereocenters. The van der Waals surface area contributed by atoms with E-state index < -0.39 is 17.7 Å². The Morgan fingerprint density at radius 1 is 0.905 bits per heavy atom. The molecule has 0 saturated carbocycles. The molecule has 0 saturated heterocycles. The summed E-state index contributed by atoms with van der Waals surface area (Å²) in [7, 11) is 0. The largest absolute Gasteiger partial charge is 0.382 e. The van der Waals surface area contributed by atoms with Gasteiger partial charge in [0.25, 0.3) is 0 Å².